The minimum Gasteiger partial charge on any atom is -0.372 e. The van der Waals surface area contributed by atoms with Gasteiger partial charge in [0.25, 0.3) is 0 Å². The highest BCUT2D eigenvalue weighted by Crippen LogP contribution is 2.22. The molecule has 0 unspecified atom stereocenters. The third-order valence-corrected chi connectivity index (χ3v) is 5.49. The number of piperidine rings is 1. The number of carbonyl (C=O) groups is 1. The molecule has 0 radical (unpaired) electrons. The quantitative estimate of drug-likeness (QED) is 0.660. The second-order valence-corrected chi connectivity index (χ2v) is 8.19. The van der Waals surface area contributed by atoms with E-state index in [4.69, 9.17) is 0 Å². The van der Waals surface area contributed by atoms with Gasteiger partial charge >= 0.3 is 0 Å². The molecule has 1 aromatic carbocycles. The highest BCUT2D eigenvalue weighted by Gasteiger charge is 2.18. The second kappa shape index (κ2) is 8.38. The minimum atomic E-state index is -3.83. The van der Waals surface area contributed by atoms with Gasteiger partial charge in [-0.2, -0.15) is 4.98 Å². The summed E-state index contributed by atoms with van der Waals surface area (Å²) in [5, 5.41) is 8.83. The Labute approximate surface area is 158 Å². The van der Waals surface area contributed by atoms with Crippen molar-refractivity contribution in [2.45, 2.75) is 32.6 Å². The molecular formula is C17H24N6O3S. The lowest BCUT2D eigenvalue weighted by molar-refractivity contribution is -0.113. The van der Waals surface area contributed by atoms with Crippen molar-refractivity contribution < 1.29 is 13.2 Å². The molecule has 1 saturated heterocycles. The molecule has 0 spiro atoms. The zero-order chi connectivity index (χ0) is 19.3. The molecule has 27 heavy (non-hydrogen) atoms. The van der Waals surface area contributed by atoms with E-state index in [2.05, 4.69) is 30.1 Å². The van der Waals surface area contributed by atoms with Gasteiger partial charge in [0.15, 0.2) is 0 Å². The lowest BCUT2D eigenvalue weighted by Gasteiger charge is -2.28. The molecule has 3 N–H and O–H groups in total. The van der Waals surface area contributed by atoms with Crippen LogP contribution in [0.25, 0.3) is 0 Å². The highest BCUT2D eigenvalue weighted by atomic mass is 32.2. The number of rotatable bonds is 7. The van der Waals surface area contributed by atoms with E-state index in [9.17, 15) is 13.2 Å². The van der Waals surface area contributed by atoms with Crippen LogP contribution in [-0.2, 0) is 21.2 Å². The van der Waals surface area contributed by atoms with E-state index < -0.39 is 21.7 Å². The zero-order valence-electron chi connectivity index (χ0n) is 15.2. The van der Waals surface area contributed by atoms with E-state index >= 15 is 0 Å². The zero-order valence-corrected chi connectivity index (χ0v) is 16.1. The number of aryl methyl sites for hydroxylation is 1. The Morgan fingerprint density at radius 1 is 1.19 bits per heavy atom. The molecule has 1 aromatic heterocycles. The molecule has 1 fully saturated rings. The number of amides is 1. The van der Waals surface area contributed by atoms with Crippen LogP contribution in [0.15, 0.2) is 24.3 Å². The Kier molecular flexibility index (Phi) is 5.94. The van der Waals surface area contributed by atoms with Gasteiger partial charge in [-0.15, -0.1) is 5.10 Å². The van der Waals surface area contributed by atoms with Crippen LogP contribution in [0.4, 0.5) is 17.3 Å². The van der Waals surface area contributed by atoms with Crippen LogP contribution in [0.5, 0.6) is 0 Å². The topological polar surface area (TPSA) is 120 Å². The van der Waals surface area contributed by atoms with Gasteiger partial charge < -0.3 is 4.90 Å². The van der Waals surface area contributed by atoms with E-state index in [0.29, 0.717) is 17.9 Å². The molecular weight excluding hydrogens is 368 g/mol. The number of aromatic amines is 1. The summed E-state index contributed by atoms with van der Waals surface area (Å²) in [4.78, 5) is 18.3. The van der Waals surface area contributed by atoms with E-state index in [-0.39, 0.29) is 5.95 Å². The molecule has 9 nitrogen and oxygen atoms in total. The van der Waals surface area contributed by atoms with Crippen molar-refractivity contribution in [3.63, 3.8) is 0 Å². The maximum atomic E-state index is 12.2. The number of nitrogens with zero attached hydrogens (tertiary/aromatic N) is 3. The molecule has 0 saturated carbocycles. The summed E-state index contributed by atoms with van der Waals surface area (Å²) in [5.41, 5.74) is 1.50. The summed E-state index contributed by atoms with van der Waals surface area (Å²) >= 11 is 0. The third-order valence-electron chi connectivity index (χ3n) is 4.30. The molecule has 10 heteroatoms. The lowest BCUT2D eigenvalue weighted by Crippen LogP contribution is -2.29. The average Bonchev–Trinajstić information content (AvgIpc) is 3.09. The van der Waals surface area contributed by atoms with Crippen LogP contribution in [0, 0.1) is 0 Å². The summed E-state index contributed by atoms with van der Waals surface area (Å²) in [6.07, 6.45) is 4.24. The van der Waals surface area contributed by atoms with Crippen LogP contribution in [-0.4, -0.2) is 48.3 Å². The molecule has 1 aliphatic rings. The molecule has 146 valence electrons. The predicted molar refractivity (Wildman–Crippen MR) is 104 cm³/mol. The molecule has 2 heterocycles. The predicted octanol–water partition coefficient (Wildman–Crippen LogP) is 1.74. The lowest BCUT2D eigenvalue weighted by atomic mass is 10.1. The third kappa shape index (κ3) is 5.43. The first-order valence-corrected chi connectivity index (χ1v) is 10.7. The summed E-state index contributed by atoms with van der Waals surface area (Å²) in [6.45, 7) is 3.93. The van der Waals surface area contributed by atoms with Crippen LogP contribution < -0.4 is 14.9 Å². The van der Waals surface area contributed by atoms with Gasteiger partial charge in [-0.3, -0.25) is 19.9 Å². The molecule has 1 amide bonds. The normalized spacial score (nSPS) is 14.8. The summed E-state index contributed by atoms with van der Waals surface area (Å²) in [5.74, 6) is -0.733. The van der Waals surface area contributed by atoms with Gasteiger partial charge in [0.1, 0.15) is 11.6 Å². The average molecular weight is 392 g/mol. The van der Waals surface area contributed by atoms with Gasteiger partial charge in [0, 0.05) is 30.9 Å². The van der Waals surface area contributed by atoms with Crippen LogP contribution in [0.2, 0.25) is 0 Å². The number of sulfonamides is 1. The second-order valence-electron chi connectivity index (χ2n) is 6.46. The van der Waals surface area contributed by atoms with Crippen molar-refractivity contribution in [1.29, 1.82) is 0 Å². The molecule has 0 atom stereocenters. The maximum Gasteiger partial charge on any atom is 0.248 e. The number of nitrogens with one attached hydrogen (secondary N) is 3. The SMILES string of the molecule is CCc1nc(NC(=O)CS(=O)(=O)Nc2ccc(N3CCCCC3)cc2)n[nH]1. The van der Waals surface area contributed by atoms with Gasteiger partial charge in [0.05, 0.1) is 0 Å². The summed E-state index contributed by atoms with van der Waals surface area (Å²) in [7, 11) is -3.83. The van der Waals surface area contributed by atoms with Crippen molar-refractivity contribution in [1.82, 2.24) is 15.2 Å². The van der Waals surface area contributed by atoms with Crippen molar-refractivity contribution in [3.05, 3.63) is 30.1 Å². The van der Waals surface area contributed by atoms with Crippen molar-refractivity contribution >= 4 is 33.3 Å². The standard InChI is InChI=1S/C17H24N6O3S/c1-2-15-18-17(21-20-15)19-16(24)12-27(25,26)22-13-6-8-14(9-7-13)23-10-4-3-5-11-23/h6-9,22H,2-5,10-12H2,1H3,(H2,18,19,20,21,24). The molecule has 0 bridgehead atoms. The Morgan fingerprint density at radius 2 is 1.89 bits per heavy atom. The van der Waals surface area contributed by atoms with Crippen molar-refractivity contribution in [2.24, 2.45) is 0 Å². The Balaban J connectivity index is 1.56. The summed E-state index contributed by atoms with van der Waals surface area (Å²) in [6, 6.07) is 7.21. The highest BCUT2D eigenvalue weighted by molar-refractivity contribution is 7.93. The van der Waals surface area contributed by atoms with Crippen LogP contribution in [0.1, 0.15) is 32.0 Å². The molecule has 1 aliphatic heterocycles. The first kappa shape index (κ1) is 19.2. The fourth-order valence-electron chi connectivity index (χ4n) is 2.95. The molecule has 0 aliphatic carbocycles. The number of benzene rings is 1. The van der Waals surface area contributed by atoms with Gasteiger partial charge in [-0.25, -0.2) is 8.42 Å². The smallest absolute Gasteiger partial charge is 0.248 e. The number of H-pyrrole nitrogens is 1. The Bertz CT molecular complexity index is 872. The van der Waals surface area contributed by atoms with E-state index in [1.54, 1.807) is 12.1 Å². The first-order valence-electron chi connectivity index (χ1n) is 9.02. The van der Waals surface area contributed by atoms with Gasteiger partial charge in [0.2, 0.25) is 21.9 Å². The fourth-order valence-corrected chi connectivity index (χ4v) is 3.94. The van der Waals surface area contributed by atoms with Crippen LogP contribution in [0.3, 0.4) is 0 Å². The molecule has 3 rings (SSSR count). The van der Waals surface area contributed by atoms with E-state index in [0.717, 1.165) is 18.8 Å². The van der Waals surface area contributed by atoms with Crippen molar-refractivity contribution in [3.8, 4) is 0 Å². The van der Waals surface area contributed by atoms with E-state index in [1.807, 2.05) is 19.1 Å². The Hall–Kier alpha value is -2.62. The number of hydrogen-bond acceptors (Lipinski definition) is 6. The fraction of sp³-hybridized carbons (Fsp3) is 0.471. The summed E-state index contributed by atoms with van der Waals surface area (Å²) < 4.78 is 26.9. The van der Waals surface area contributed by atoms with E-state index in [1.165, 1.54) is 19.3 Å². The molecule has 2 aromatic rings. The number of carbonyl (C=O) groups excluding carboxylic acids is 1. The maximum absolute atomic E-state index is 12.2. The van der Waals surface area contributed by atoms with Gasteiger partial charge in [-0.1, -0.05) is 6.92 Å². The number of anilines is 3. The van der Waals surface area contributed by atoms with Crippen LogP contribution >= 0.6 is 0 Å². The monoisotopic (exact) mass is 392 g/mol. The number of hydrogen-bond donors (Lipinski definition) is 3. The Morgan fingerprint density at radius 3 is 2.52 bits per heavy atom. The number of aromatic nitrogens is 3. The van der Waals surface area contributed by atoms with Gasteiger partial charge in [-0.05, 0) is 43.5 Å². The van der Waals surface area contributed by atoms with Crippen molar-refractivity contribution in [2.75, 3.05) is 33.8 Å². The minimum absolute atomic E-state index is 0.0675. The largest absolute Gasteiger partial charge is 0.372 e. The first-order chi connectivity index (χ1) is 12.9.